The third-order valence-corrected chi connectivity index (χ3v) is 2.85. The Morgan fingerprint density at radius 2 is 1.43 bits per heavy atom. The predicted octanol–water partition coefficient (Wildman–Crippen LogP) is 4.07. The lowest BCUT2D eigenvalue weighted by Crippen LogP contribution is -2.09. The van der Waals surface area contributed by atoms with Crippen molar-refractivity contribution in [2.75, 3.05) is 5.43 Å². The van der Waals surface area contributed by atoms with E-state index in [1.165, 1.54) is 0 Å². The smallest absolute Gasteiger partial charge is 0.225 e. The molecule has 0 spiro atoms. The maximum Gasteiger partial charge on any atom is 0.225 e. The zero-order valence-corrected chi connectivity index (χ0v) is 13.7. The first-order valence-electron chi connectivity index (χ1n) is 6.49. The number of aromatic nitrogens is 2. The molecule has 3 aromatic rings. The van der Waals surface area contributed by atoms with Gasteiger partial charge in [-0.25, -0.2) is 10.8 Å². The van der Waals surface area contributed by atoms with E-state index >= 15 is 0 Å². The van der Waals surface area contributed by atoms with Crippen molar-refractivity contribution in [2.24, 2.45) is 5.84 Å². The minimum atomic E-state index is 0. The zero-order valence-electron chi connectivity index (χ0n) is 12.0. The van der Waals surface area contributed by atoms with Crippen LogP contribution in [0.5, 0.6) is 11.6 Å². The van der Waals surface area contributed by atoms with E-state index in [2.05, 4.69) is 15.4 Å². The van der Waals surface area contributed by atoms with Crippen LogP contribution >= 0.6 is 24.8 Å². The number of nitrogens with two attached hydrogens (primary N) is 1. The molecule has 0 aliphatic heterocycles. The SMILES string of the molecule is Cl.Cl.NNc1cc(Oc2ccccc2)nc(-c2ccccc2)n1. The molecule has 0 saturated heterocycles. The van der Waals surface area contributed by atoms with Gasteiger partial charge >= 0.3 is 0 Å². The van der Waals surface area contributed by atoms with Gasteiger partial charge in [0, 0.05) is 11.6 Å². The summed E-state index contributed by atoms with van der Waals surface area (Å²) in [4.78, 5) is 8.75. The third-order valence-electron chi connectivity index (χ3n) is 2.85. The molecule has 0 bridgehead atoms. The highest BCUT2D eigenvalue weighted by atomic mass is 35.5. The molecule has 0 unspecified atom stereocenters. The van der Waals surface area contributed by atoms with Crippen molar-refractivity contribution < 1.29 is 4.74 Å². The molecule has 23 heavy (non-hydrogen) atoms. The Hall–Kier alpha value is -2.34. The summed E-state index contributed by atoms with van der Waals surface area (Å²) in [6.07, 6.45) is 0. The molecule has 7 heteroatoms. The van der Waals surface area contributed by atoms with E-state index in [0.29, 0.717) is 23.3 Å². The number of hydrogen-bond donors (Lipinski definition) is 2. The van der Waals surface area contributed by atoms with Crippen LogP contribution in [-0.2, 0) is 0 Å². The molecule has 0 amide bonds. The Morgan fingerprint density at radius 3 is 2.04 bits per heavy atom. The number of halogens is 2. The molecule has 120 valence electrons. The number of hydrazine groups is 1. The lowest BCUT2D eigenvalue weighted by atomic mass is 10.2. The number of nitrogens with one attached hydrogen (secondary N) is 1. The number of nitrogen functional groups attached to an aromatic ring is 1. The van der Waals surface area contributed by atoms with Gasteiger partial charge in [0.15, 0.2) is 5.82 Å². The topological polar surface area (TPSA) is 73.1 Å². The van der Waals surface area contributed by atoms with Crippen LogP contribution in [0, 0.1) is 0 Å². The number of ether oxygens (including phenoxy) is 1. The van der Waals surface area contributed by atoms with Gasteiger partial charge in [0.05, 0.1) is 0 Å². The van der Waals surface area contributed by atoms with Crippen molar-refractivity contribution in [3.8, 4) is 23.0 Å². The summed E-state index contributed by atoms with van der Waals surface area (Å²) in [5.74, 6) is 7.65. The fourth-order valence-corrected chi connectivity index (χ4v) is 1.88. The first-order chi connectivity index (χ1) is 10.3. The van der Waals surface area contributed by atoms with E-state index in [1.54, 1.807) is 6.07 Å². The van der Waals surface area contributed by atoms with Crippen LogP contribution in [-0.4, -0.2) is 9.97 Å². The number of para-hydroxylation sites is 1. The fourth-order valence-electron chi connectivity index (χ4n) is 1.88. The van der Waals surface area contributed by atoms with Gasteiger partial charge in [0.1, 0.15) is 11.6 Å². The number of benzene rings is 2. The molecule has 2 aromatic carbocycles. The Bertz CT molecular complexity index is 727. The van der Waals surface area contributed by atoms with Gasteiger partial charge in [-0.15, -0.1) is 24.8 Å². The van der Waals surface area contributed by atoms with Crippen molar-refractivity contribution in [1.29, 1.82) is 0 Å². The minimum Gasteiger partial charge on any atom is -0.439 e. The van der Waals surface area contributed by atoms with Gasteiger partial charge in [-0.05, 0) is 12.1 Å². The Kier molecular flexibility index (Phi) is 7.28. The predicted molar refractivity (Wildman–Crippen MR) is 96.3 cm³/mol. The van der Waals surface area contributed by atoms with E-state index in [-0.39, 0.29) is 24.8 Å². The van der Waals surface area contributed by atoms with Crippen molar-refractivity contribution in [3.05, 3.63) is 66.7 Å². The average Bonchev–Trinajstić information content (AvgIpc) is 2.56. The molecular weight excluding hydrogens is 335 g/mol. The first-order valence-corrected chi connectivity index (χ1v) is 6.49. The van der Waals surface area contributed by atoms with E-state index in [4.69, 9.17) is 10.6 Å². The van der Waals surface area contributed by atoms with Gasteiger partial charge in [-0.3, -0.25) is 0 Å². The number of nitrogens with zero attached hydrogens (tertiary/aromatic N) is 2. The summed E-state index contributed by atoms with van der Waals surface area (Å²) in [6.45, 7) is 0. The molecule has 3 N–H and O–H groups in total. The molecule has 0 aliphatic rings. The van der Waals surface area contributed by atoms with Gasteiger partial charge in [-0.2, -0.15) is 4.98 Å². The highest BCUT2D eigenvalue weighted by molar-refractivity contribution is 5.85. The van der Waals surface area contributed by atoms with Crippen LogP contribution < -0.4 is 16.0 Å². The first kappa shape index (κ1) is 18.7. The zero-order chi connectivity index (χ0) is 14.5. The van der Waals surface area contributed by atoms with E-state index in [1.807, 2.05) is 60.7 Å². The molecule has 0 aliphatic carbocycles. The lowest BCUT2D eigenvalue weighted by molar-refractivity contribution is 0.462. The van der Waals surface area contributed by atoms with Crippen molar-refractivity contribution in [2.45, 2.75) is 0 Å². The van der Waals surface area contributed by atoms with Gasteiger partial charge < -0.3 is 10.2 Å². The van der Waals surface area contributed by atoms with Gasteiger partial charge in [-0.1, -0.05) is 48.5 Å². The highest BCUT2D eigenvalue weighted by Gasteiger charge is 2.07. The van der Waals surface area contributed by atoms with E-state index in [9.17, 15) is 0 Å². The molecule has 5 nitrogen and oxygen atoms in total. The molecule has 1 heterocycles. The molecule has 0 atom stereocenters. The summed E-state index contributed by atoms with van der Waals surface area (Å²) < 4.78 is 5.74. The number of hydrogen-bond acceptors (Lipinski definition) is 5. The van der Waals surface area contributed by atoms with Crippen LogP contribution in [0.2, 0.25) is 0 Å². The molecule has 0 radical (unpaired) electrons. The van der Waals surface area contributed by atoms with Gasteiger partial charge in [0.2, 0.25) is 5.88 Å². The number of rotatable bonds is 4. The van der Waals surface area contributed by atoms with Crippen molar-refractivity contribution in [1.82, 2.24) is 9.97 Å². The Labute approximate surface area is 146 Å². The Morgan fingerprint density at radius 1 is 0.826 bits per heavy atom. The van der Waals surface area contributed by atoms with Crippen LogP contribution in [0.3, 0.4) is 0 Å². The van der Waals surface area contributed by atoms with Crippen LogP contribution in [0.15, 0.2) is 66.7 Å². The molecule has 0 saturated carbocycles. The molecule has 3 rings (SSSR count). The van der Waals surface area contributed by atoms with E-state index < -0.39 is 0 Å². The largest absolute Gasteiger partial charge is 0.439 e. The lowest BCUT2D eigenvalue weighted by Gasteiger charge is -2.09. The minimum absolute atomic E-state index is 0. The molecular formula is C16H16Cl2N4O. The maximum atomic E-state index is 5.74. The normalized spacial score (nSPS) is 9.26. The summed E-state index contributed by atoms with van der Waals surface area (Å²) >= 11 is 0. The van der Waals surface area contributed by atoms with Gasteiger partial charge in [0.25, 0.3) is 0 Å². The monoisotopic (exact) mass is 350 g/mol. The summed E-state index contributed by atoms with van der Waals surface area (Å²) in [6, 6.07) is 20.8. The average molecular weight is 351 g/mol. The second-order valence-electron chi connectivity index (χ2n) is 4.34. The maximum absolute atomic E-state index is 5.74. The summed E-state index contributed by atoms with van der Waals surface area (Å²) in [5.41, 5.74) is 3.43. The molecule has 0 fully saturated rings. The third kappa shape index (κ3) is 4.82. The summed E-state index contributed by atoms with van der Waals surface area (Å²) in [7, 11) is 0. The second-order valence-corrected chi connectivity index (χ2v) is 4.34. The second kappa shape index (κ2) is 8.95. The summed E-state index contributed by atoms with van der Waals surface area (Å²) in [5, 5.41) is 0. The van der Waals surface area contributed by atoms with Crippen LogP contribution in [0.1, 0.15) is 0 Å². The van der Waals surface area contributed by atoms with Crippen LogP contribution in [0.25, 0.3) is 11.4 Å². The van der Waals surface area contributed by atoms with Crippen molar-refractivity contribution in [3.63, 3.8) is 0 Å². The van der Waals surface area contributed by atoms with Crippen LogP contribution in [0.4, 0.5) is 5.82 Å². The van der Waals surface area contributed by atoms with E-state index in [0.717, 1.165) is 5.56 Å². The van der Waals surface area contributed by atoms with Crippen molar-refractivity contribution >= 4 is 30.6 Å². The fraction of sp³-hybridized carbons (Fsp3) is 0. The highest BCUT2D eigenvalue weighted by Crippen LogP contribution is 2.24. The number of anilines is 1. The Balaban J connectivity index is 0.00000132. The quantitative estimate of drug-likeness (QED) is 0.548. The standard InChI is InChI=1S/C16H14N4O.2ClH/c17-20-14-11-15(21-13-9-5-2-6-10-13)19-16(18-14)12-7-3-1-4-8-12;;/h1-11H,17H2,(H,18,19,20);2*1H. The molecule has 1 aromatic heterocycles.